The topological polar surface area (TPSA) is 41.1 Å². The Balaban J connectivity index is 1.99. The second-order valence-electron chi connectivity index (χ2n) is 4.10. The number of fused-ring (bicyclic) bond motifs is 1. The third kappa shape index (κ3) is 2.18. The van der Waals surface area contributed by atoms with E-state index < -0.39 is 0 Å². The lowest BCUT2D eigenvalue weighted by atomic mass is 10.3. The number of hydrogen-bond acceptors (Lipinski definition) is 4. The van der Waals surface area contributed by atoms with Crippen molar-refractivity contribution in [3.8, 4) is 0 Å². The summed E-state index contributed by atoms with van der Waals surface area (Å²) in [4.78, 5) is 11.3. The Morgan fingerprint density at radius 1 is 1.18 bits per heavy atom. The number of nitrogens with zero attached hydrogens (tertiary/aromatic N) is 3. The van der Waals surface area contributed by atoms with Crippen LogP contribution in [0.5, 0.6) is 0 Å². The Morgan fingerprint density at radius 2 is 2.00 bits per heavy atom. The molecule has 1 aromatic heterocycles. The number of hydrogen-bond donors (Lipinski definition) is 1. The molecule has 2 aromatic rings. The summed E-state index contributed by atoms with van der Waals surface area (Å²) in [5.41, 5.74) is 1.74. The van der Waals surface area contributed by atoms with Gasteiger partial charge < -0.3 is 10.2 Å². The Kier molecular flexibility index (Phi) is 2.82. The maximum absolute atomic E-state index is 5.97. The lowest BCUT2D eigenvalue weighted by Gasteiger charge is -2.28. The average molecular weight is 249 g/mol. The van der Waals surface area contributed by atoms with E-state index in [-0.39, 0.29) is 0 Å². The van der Waals surface area contributed by atoms with Gasteiger partial charge in [0.15, 0.2) is 0 Å². The zero-order valence-electron chi connectivity index (χ0n) is 9.36. The van der Waals surface area contributed by atoms with Crippen LogP contribution >= 0.6 is 11.6 Å². The molecule has 0 saturated carbocycles. The smallest absolute Gasteiger partial charge is 0.147 e. The first kappa shape index (κ1) is 10.7. The molecule has 1 aliphatic rings. The predicted molar refractivity (Wildman–Crippen MR) is 69.6 cm³/mol. The van der Waals surface area contributed by atoms with Crippen molar-refractivity contribution in [2.45, 2.75) is 0 Å². The minimum Gasteiger partial charge on any atom is -0.353 e. The van der Waals surface area contributed by atoms with Gasteiger partial charge in [0.2, 0.25) is 0 Å². The van der Waals surface area contributed by atoms with Crippen LogP contribution in [0, 0.1) is 0 Å². The summed E-state index contributed by atoms with van der Waals surface area (Å²) in [7, 11) is 0. The lowest BCUT2D eigenvalue weighted by Crippen LogP contribution is -2.43. The maximum Gasteiger partial charge on any atom is 0.147 e. The number of piperazine rings is 1. The molecule has 0 unspecified atom stereocenters. The molecule has 5 heteroatoms. The first-order valence-corrected chi connectivity index (χ1v) is 6.09. The van der Waals surface area contributed by atoms with E-state index in [9.17, 15) is 0 Å². The van der Waals surface area contributed by atoms with Gasteiger partial charge in [0, 0.05) is 31.2 Å². The fraction of sp³-hybridized carbons (Fsp3) is 0.333. The van der Waals surface area contributed by atoms with E-state index in [1.54, 1.807) is 0 Å². The summed E-state index contributed by atoms with van der Waals surface area (Å²) in [6.45, 7) is 3.94. The maximum atomic E-state index is 5.97. The van der Waals surface area contributed by atoms with Crippen LogP contribution in [0.2, 0.25) is 5.02 Å². The van der Waals surface area contributed by atoms with E-state index in [0.29, 0.717) is 5.02 Å². The molecule has 2 heterocycles. The van der Waals surface area contributed by atoms with Crippen LogP contribution in [-0.2, 0) is 0 Å². The first-order chi connectivity index (χ1) is 8.33. The van der Waals surface area contributed by atoms with Crippen molar-refractivity contribution in [1.29, 1.82) is 0 Å². The summed E-state index contributed by atoms with van der Waals surface area (Å²) in [6, 6.07) is 5.59. The molecular weight excluding hydrogens is 236 g/mol. The van der Waals surface area contributed by atoms with Crippen LogP contribution in [0.25, 0.3) is 11.0 Å². The van der Waals surface area contributed by atoms with Gasteiger partial charge in [0.05, 0.1) is 17.2 Å². The largest absolute Gasteiger partial charge is 0.353 e. The van der Waals surface area contributed by atoms with Crippen molar-refractivity contribution in [2.75, 3.05) is 31.1 Å². The molecule has 1 saturated heterocycles. The van der Waals surface area contributed by atoms with Gasteiger partial charge in [-0.15, -0.1) is 0 Å². The van der Waals surface area contributed by atoms with E-state index in [1.165, 1.54) is 0 Å². The summed E-state index contributed by atoms with van der Waals surface area (Å²) in [6.07, 6.45) is 1.83. The zero-order chi connectivity index (χ0) is 11.7. The van der Waals surface area contributed by atoms with Crippen molar-refractivity contribution in [1.82, 2.24) is 15.3 Å². The molecule has 3 rings (SSSR count). The van der Waals surface area contributed by atoms with Crippen LogP contribution in [0.1, 0.15) is 0 Å². The van der Waals surface area contributed by atoms with Gasteiger partial charge in [0.25, 0.3) is 0 Å². The van der Waals surface area contributed by atoms with Crippen LogP contribution in [0.4, 0.5) is 5.82 Å². The van der Waals surface area contributed by atoms with Gasteiger partial charge in [-0.05, 0) is 18.2 Å². The Morgan fingerprint density at radius 3 is 2.82 bits per heavy atom. The van der Waals surface area contributed by atoms with Gasteiger partial charge in [0.1, 0.15) is 5.82 Å². The molecule has 0 radical (unpaired) electrons. The molecule has 17 heavy (non-hydrogen) atoms. The summed E-state index contributed by atoms with van der Waals surface area (Å²) >= 11 is 5.97. The monoisotopic (exact) mass is 248 g/mol. The highest BCUT2D eigenvalue weighted by atomic mass is 35.5. The molecule has 1 fully saturated rings. The highest BCUT2D eigenvalue weighted by molar-refractivity contribution is 6.31. The molecule has 0 atom stereocenters. The van der Waals surface area contributed by atoms with Crippen LogP contribution < -0.4 is 10.2 Å². The minimum absolute atomic E-state index is 0.698. The van der Waals surface area contributed by atoms with Gasteiger partial charge in [-0.25, -0.2) is 4.98 Å². The Hall–Kier alpha value is -1.39. The number of aromatic nitrogens is 2. The summed E-state index contributed by atoms with van der Waals surface area (Å²) in [5.74, 6) is 0.932. The fourth-order valence-electron chi connectivity index (χ4n) is 2.02. The van der Waals surface area contributed by atoms with Crippen LogP contribution in [0.3, 0.4) is 0 Å². The van der Waals surface area contributed by atoms with Gasteiger partial charge in [-0.2, -0.15) is 0 Å². The number of nitrogens with one attached hydrogen (secondary N) is 1. The second kappa shape index (κ2) is 4.47. The van der Waals surface area contributed by atoms with E-state index in [1.807, 2.05) is 24.4 Å². The van der Waals surface area contributed by atoms with Crippen molar-refractivity contribution < 1.29 is 0 Å². The quantitative estimate of drug-likeness (QED) is 0.834. The molecule has 0 spiro atoms. The molecule has 1 aromatic carbocycles. The summed E-state index contributed by atoms with van der Waals surface area (Å²) in [5, 5.41) is 4.02. The molecule has 0 amide bonds. The standard InChI is InChI=1S/C12H13ClN4/c13-9-1-2-10-11(7-9)16-12(8-15-10)17-5-3-14-4-6-17/h1-2,7-8,14H,3-6H2. The highest BCUT2D eigenvalue weighted by Crippen LogP contribution is 2.19. The first-order valence-electron chi connectivity index (χ1n) is 5.71. The van der Waals surface area contributed by atoms with E-state index in [4.69, 9.17) is 11.6 Å². The van der Waals surface area contributed by atoms with Crippen molar-refractivity contribution in [2.24, 2.45) is 0 Å². The second-order valence-corrected chi connectivity index (χ2v) is 4.53. The van der Waals surface area contributed by atoms with Gasteiger partial charge >= 0.3 is 0 Å². The zero-order valence-corrected chi connectivity index (χ0v) is 10.1. The third-order valence-corrected chi connectivity index (χ3v) is 3.17. The number of benzene rings is 1. The van der Waals surface area contributed by atoms with E-state index in [0.717, 1.165) is 43.0 Å². The predicted octanol–water partition coefficient (Wildman–Crippen LogP) is 1.69. The van der Waals surface area contributed by atoms with Crippen LogP contribution in [0.15, 0.2) is 24.4 Å². The Labute approximate surface area is 105 Å². The number of halogens is 1. The van der Waals surface area contributed by atoms with Gasteiger partial charge in [-0.1, -0.05) is 11.6 Å². The SMILES string of the molecule is Clc1ccc2ncc(N3CCNCC3)nc2c1. The van der Waals surface area contributed by atoms with Crippen LogP contribution in [-0.4, -0.2) is 36.1 Å². The highest BCUT2D eigenvalue weighted by Gasteiger charge is 2.12. The number of rotatable bonds is 1. The third-order valence-electron chi connectivity index (χ3n) is 2.93. The normalized spacial score (nSPS) is 16.4. The van der Waals surface area contributed by atoms with Crippen molar-refractivity contribution in [3.63, 3.8) is 0 Å². The molecule has 0 bridgehead atoms. The fourth-order valence-corrected chi connectivity index (χ4v) is 2.19. The molecule has 4 nitrogen and oxygen atoms in total. The molecule has 88 valence electrons. The lowest BCUT2D eigenvalue weighted by molar-refractivity contribution is 0.585. The van der Waals surface area contributed by atoms with Crippen molar-refractivity contribution in [3.05, 3.63) is 29.4 Å². The molecule has 1 aliphatic heterocycles. The van der Waals surface area contributed by atoms with Crippen molar-refractivity contribution >= 4 is 28.5 Å². The van der Waals surface area contributed by atoms with E-state index in [2.05, 4.69) is 20.2 Å². The minimum atomic E-state index is 0.698. The molecule has 1 N–H and O–H groups in total. The van der Waals surface area contributed by atoms with E-state index >= 15 is 0 Å². The Bertz CT molecular complexity index is 537. The summed E-state index contributed by atoms with van der Waals surface area (Å²) < 4.78 is 0. The molecule has 0 aliphatic carbocycles. The van der Waals surface area contributed by atoms with Gasteiger partial charge in [-0.3, -0.25) is 4.98 Å². The molecular formula is C12H13ClN4. The average Bonchev–Trinajstić information content (AvgIpc) is 2.39. The number of anilines is 1.